The van der Waals surface area contributed by atoms with E-state index >= 15 is 0 Å². The first-order valence-corrected chi connectivity index (χ1v) is 7.23. The highest BCUT2D eigenvalue weighted by atomic mass is 32.2. The van der Waals surface area contributed by atoms with Gasteiger partial charge >= 0.3 is 0 Å². The Morgan fingerprint density at radius 3 is 2.88 bits per heavy atom. The van der Waals surface area contributed by atoms with Crippen molar-refractivity contribution in [1.82, 2.24) is 14.7 Å². The number of hydrogen-bond donors (Lipinski definition) is 2. The number of fused-ring (bicyclic) bond motifs is 1. The molecule has 0 spiro atoms. The SMILES string of the molecule is Cc1nc2ccc(CCNS(C)(=O)=O)cc2[nH]1. The van der Waals surface area contributed by atoms with Crippen LogP contribution in [0.15, 0.2) is 18.2 Å². The van der Waals surface area contributed by atoms with Gasteiger partial charge in [0.05, 0.1) is 17.3 Å². The number of rotatable bonds is 4. The number of sulfonamides is 1. The van der Waals surface area contributed by atoms with Crippen LogP contribution < -0.4 is 4.72 Å². The third-order valence-corrected chi connectivity index (χ3v) is 3.17. The monoisotopic (exact) mass is 253 g/mol. The zero-order valence-electron chi connectivity index (χ0n) is 9.82. The van der Waals surface area contributed by atoms with Gasteiger partial charge in [0.15, 0.2) is 0 Å². The number of aromatic nitrogens is 2. The van der Waals surface area contributed by atoms with E-state index in [0.29, 0.717) is 13.0 Å². The molecule has 2 aromatic rings. The predicted octanol–water partition coefficient (Wildman–Crippen LogP) is 0.963. The summed E-state index contributed by atoms with van der Waals surface area (Å²) in [5.74, 6) is 0.881. The Morgan fingerprint density at radius 2 is 2.18 bits per heavy atom. The Kier molecular flexibility index (Phi) is 3.17. The van der Waals surface area contributed by atoms with Crippen molar-refractivity contribution in [2.24, 2.45) is 0 Å². The van der Waals surface area contributed by atoms with Crippen molar-refractivity contribution in [2.75, 3.05) is 12.8 Å². The third kappa shape index (κ3) is 3.28. The molecule has 2 N–H and O–H groups in total. The van der Waals surface area contributed by atoms with Crippen LogP contribution in [0.4, 0.5) is 0 Å². The van der Waals surface area contributed by atoms with Crippen LogP contribution in [0.2, 0.25) is 0 Å². The normalized spacial score (nSPS) is 12.1. The molecule has 92 valence electrons. The fourth-order valence-electron chi connectivity index (χ4n) is 1.72. The summed E-state index contributed by atoms with van der Waals surface area (Å²) in [5, 5.41) is 0. The van der Waals surface area contributed by atoms with Gasteiger partial charge in [0.1, 0.15) is 5.82 Å². The maximum absolute atomic E-state index is 10.9. The van der Waals surface area contributed by atoms with Crippen molar-refractivity contribution in [3.8, 4) is 0 Å². The minimum atomic E-state index is -3.10. The number of imidazole rings is 1. The number of benzene rings is 1. The Bertz CT molecular complexity index is 631. The molecule has 0 fully saturated rings. The number of H-pyrrole nitrogens is 1. The highest BCUT2D eigenvalue weighted by molar-refractivity contribution is 7.88. The number of nitrogens with one attached hydrogen (secondary N) is 2. The molecule has 0 saturated heterocycles. The maximum Gasteiger partial charge on any atom is 0.208 e. The van der Waals surface area contributed by atoms with E-state index in [9.17, 15) is 8.42 Å². The molecule has 0 aliphatic heterocycles. The number of aromatic amines is 1. The summed E-state index contributed by atoms with van der Waals surface area (Å²) < 4.78 is 24.3. The van der Waals surface area contributed by atoms with E-state index in [2.05, 4.69) is 14.7 Å². The first-order valence-electron chi connectivity index (χ1n) is 5.34. The van der Waals surface area contributed by atoms with Crippen molar-refractivity contribution in [2.45, 2.75) is 13.3 Å². The van der Waals surface area contributed by atoms with E-state index in [0.717, 1.165) is 28.7 Å². The minimum absolute atomic E-state index is 0.414. The lowest BCUT2D eigenvalue weighted by Gasteiger charge is -2.02. The molecule has 0 radical (unpaired) electrons. The van der Waals surface area contributed by atoms with Gasteiger partial charge in [-0.3, -0.25) is 0 Å². The second-order valence-electron chi connectivity index (χ2n) is 4.09. The fourth-order valence-corrected chi connectivity index (χ4v) is 2.19. The highest BCUT2D eigenvalue weighted by Crippen LogP contribution is 2.13. The van der Waals surface area contributed by atoms with Crippen LogP contribution in [0.25, 0.3) is 11.0 Å². The molecule has 0 saturated carbocycles. The minimum Gasteiger partial charge on any atom is -0.342 e. The van der Waals surface area contributed by atoms with Crippen molar-refractivity contribution in [1.29, 1.82) is 0 Å². The molecule has 0 aliphatic carbocycles. The van der Waals surface area contributed by atoms with E-state index in [1.807, 2.05) is 25.1 Å². The summed E-state index contributed by atoms with van der Waals surface area (Å²) in [5.41, 5.74) is 3.00. The molecule has 0 aliphatic rings. The van der Waals surface area contributed by atoms with Crippen LogP contribution >= 0.6 is 0 Å². The summed E-state index contributed by atoms with van der Waals surface area (Å²) in [7, 11) is -3.10. The van der Waals surface area contributed by atoms with Crippen LogP contribution in [-0.2, 0) is 16.4 Å². The molecule has 6 heteroatoms. The first kappa shape index (κ1) is 12.1. The summed E-state index contributed by atoms with van der Waals surface area (Å²) in [4.78, 5) is 7.46. The molecule has 0 amide bonds. The van der Waals surface area contributed by atoms with Crippen molar-refractivity contribution >= 4 is 21.1 Å². The van der Waals surface area contributed by atoms with Gasteiger partial charge < -0.3 is 4.98 Å². The quantitative estimate of drug-likeness (QED) is 0.852. The molecule has 1 heterocycles. The van der Waals surface area contributed by atoms with Crippen LogP contribution in [0.5, 0.6) is 0 Å². The molecule has 5 nitrogen and oxygen atoms in total. The van der Waals surface area contributed by atoms with Gasteiger partial charge in [-0.25, -0.2) is 18.1 Å². The molecule has 2 rings (SSSR count). The zero-order chi connectivity index (χ0) is 12.5. The zero-order valence-corrected chi connectivity index (χ0v) is 10.6. The number of aryl methyl sites for hydroxylation is 1. The van der Waals surface area contributed by atoms with E-state index in [-0.39, 0.29) is 0 Å². The van der Waals surface area contributed by atoms with Crippen molar-refractivity contribution in [3.63, 3.8) is 0 Å². The lowest BCUT2D eigenvalue weighted by molar-refractivity contribution is 0.588. The second-order valence-corrected chi connectivity index (χ2v) is 5.92. The van der Waals surface area contributed by atoms with Gasteiger partial charge in [0, 0.05) is 6.54 Å². The lowest BCUT2D eigenvalue weighted by Crippen LogP contribution is -2.24. The average Bonchev–Trinajstić information content (AvgIpc) is 2.55. The average molecular weight is 253 g/mol. The van der Waals surface area contributed by atoms with E-state index in [1.54, 1.807) is 0 Å². The van der Waals surface area contributed by atoms with Crippen molar-refractivity contribution < 1.29 is 8.42 Å². The molecule has 0 unspecified atom stereocenters. The van der Waals surface area contributed by atoms with Gasteiger partial charge in [-0.05, 0) is 31.0 Å². The smallest absolute Gasteiger partial charge is 0.208 e. The summed E-state index contributed by atoms with van der Waals surface area (Å²) in [6.45, 7) is 2.32. The van der Waals surface area contributed by atoms with Gasteiger partial charge in [0.2, 0.25) is 10.0 Å². The van der Waals surface area contributed by atoms with Crippen LogP contribution in [0, 0.1) is 6.92 Å². The van der Waals surface area contributed by atoms with Gasteiger partial charge in [-0.1, -0.05) is 6.07 Å². The number of nitrogens with zero attached hydrogens (tertiary/aromatic N) is 1. The number of hydrogen-bond acceptors (Lipinski definition) is 3. The van der Waals surface area contributed by atoms with E-state index in [1.165, 1.54) is 0 Å². The summed E-state index contributed by atoms with van der Waals surface area (Å²) in [6.07, 6.45) is 1.83. The Labute approximate surface area is 100 Å². The van der Waals surface area contributed by atoms with Crippen LogP contribution in [0.3, 0.4) is 0 Å². The Morgan fingerprint density at radius 1 is 1.41 bits per heavy atom. The summed E-state index contributed by atoms with van der Waals surface area (Å²) in [6, 6.07) is 5.90. The van der Waals surface area contributed by atoms with Crippen LogP contribution in [0.1, 0.15) is 11.4 Å². The van der Waals surface area contributed by atoms with E-state index < -0.39 is 10.0 Å². The fraction of sp³-hybridized carbons (Fsp3) is 0.364. The summed E-state index contributed by atoms with van der Waals surface area (Å²) >= 11 is 0. The second kappa shape index (κ2) is 4.46. The topological polar surface area (TPSA) is 74.8 Å². The highest BCUT2D eigenvalue weighted by Gasteiger charge is 2.03. The Balaban J connectivity index is 2.09. The van der Waals surface area contributed by atoms with Crippen LogP contribution in [-0.4, -0.2) is 31.2 Å². The standard InChI is InChI=1S/C11H15N3O2S/c1-8-13-10-4-3-9(7-11(10)14-8)5-6-12-17(2,15)16/h3-4,7,12H,5-6H2,1-2H3,(H,13,14). The van der Waals surface area contributed by atoms with Gasteiger partial charge in [-0.2, -0.15) is 0 Å². The molecular weight excluding hydrogens is 238 g/mol. The lowest BCUT2D eigenvalue weighted by atomic mass is 10.1. The van der Waals surface area contributed by atoms with Gasteiger partial charge in [-0.15, -0.1) is 0 Å². The molecule has 1 aromatic carbocycles. The third-order valence-electron chi connectivity index (χ3n) is 2.44. The molecule has 0 atom stereocenters. The molecule has 17 heavy (non-hydrogen) atoms. The molecule has 0 bridgehead atoms. The van der Waals surface area contributed by atoms with Gasteiger partial charge in [0.25, 0.3) is 0 Å². The van der Waals surface area contributed by atoms with Crippen molar-refractivity contribution in [3.05, 3.63) is 29.6 Å². The molecular formula is C11H15N3O2S. The maximum atomic E-state index is 10.9. The largest absolute Gasteiger partial charge is 0.342 e. The Hall–Kier alpha value is -1.40. The van der Waals surface area contributed by atoms with E-state index in [4.69, 9.17) is 0 Å². The molecule has 1 aromatic heterocycles. The predicted molar refractivity (Wildman–Crippen MR) is 67.4 cm³/mol. The first-order chi connectivity index (χ1) is 7.94.